The summed E-state index contributed by atoms with van der Waals surface area (Å²) in [4.78, 5) is 29.2. The van der Waals surface area contributed by atoms with Crippen LogP contribution in [0.4, 0.5) is 0 Å². The molecule has 6 heteroatoms. The fourth-order valence-corrected chi connectivity index (χ4v) is 4.48. The summed E-state index contributed by atoms with van der Waals surface area (Å²) in [7, 11) is 0. The molecule has 164 valence electrons. The van der Waals surface area contributed by atoms with Gasteiger partial charge in [0, 0.05) is 42.7 Å². The Hall–Kier alpha value is -2.53. The van der Waals surface area contributed by atoms with Crippen molar-refractivity contribution in [2.45, 2.75) is 32.1 Å². The van der Waals surface area contributed by atoms with Gasteiger partial charge in [0.05, 0.1) is 13.0 Å². The first kappa shape index (κ1) is 21.7. The van der Waals surface area contributed by atoms with Crippen molar-refractivity contribution in [3.05, 3.63) is 64.7 Å². The molecule has 0 bridgehead atoms. The molecule has 2 aromatic carbocycles. The number of hydrogen-bond acceptors (Lipinski definition) is 3. The van der Waals surface area contributed by atoms with Crippen LogP contribution in [0.2, 0.25) is 5.02 Å². The fraction of sp³-hybridized carbons (Fsp3) is 0.440. The van der Waals surface area contributed by atoms with Gasteiger partial charge in [0.1, 0.15) is 5.75 Å². The van der Waals surface area contributed by atoms with E-state index < -0.39 is 0 Å². The molecule has 0 aromatic heterocycles. The molecule has 1 atom stereocenters. The van der Waals surface area contributed by atoms with Gasteiger partial charge >= 0.3 is 0 Å². The number of amides is 2. The second kappa shape index (κ2) is 10.2. The van der Waals surface area contributed by atoms with Crippen molar-refractivity contribution in [1.82, 2.24) is 9.80 Å². The van der Waals surface area contributed by atoms with Gasteiger partial charge in [0.2, 0.25) is 5.91 Å². The van der Waals surface area contributed by atoms with Crippen LogP contribution in [0.1, 0.15) is 41.6 Å². The molecule has 0 aliphatic carbocycles. The van der Waals surface area contributed by atoms with Gasteiger partial charge in [0.25, 0.3) is 5.91 Å². The van der Waals surface area contributed by atoms with E-state index in [9.17, 15) is 9.59 Å². The minimum atomic E-state index is 0.0830. The van der Waals surface area contributed by atoms with Gasteiger partial charge < -0.3 is 14.5 Å². The molecule has 2 aliphatic heterocycles. The number of rotatable bonds is 6. The highest BCUT2D eigenvalue weighted by Crippen LogP contribution is 2.22. The summed E-state index contributed by atoms with van der Waals surface area (Å²) in [6.45, 7) is 3.73. The zero-order chi connectivity index (χ0) is 21.6. The topological polar surface area (TPSA) is 49.9 Å². The van der Waals surface area contributed by atoms with E-state index in [1.54, 1.807) is 0 Å². The number of carbonyl (C=O) groups is 2. The molecule has 0 saturated carbocycles. The van der Waals surface area contributed by atoms with E-state index in [0.717, 1.165) is 56.6 Å². The first-order valence-corrected chi connectivity index (χ1v) is 11.5. The van der Waals surface area contributed by atoms with E-state index >= 15 is 0 Å². The molecule has 31 heavy (non-hydrogen) atoms. The number of carbonyl (C=O) groups excluding carboxylic acids is 2. The van der Waals surface area contributed by atoms with Crippen molar-refractivity contribution >= 4 is 23.4 Å². The first-order chi connectivity index (χ1) is 15.1. The van der Waals surface area contributed by atoms with E-state index in [2.05, 4.69) is 0 Å². The maximum atomic E-state index is 12.7. The van der Waals surface area contributed by atoms with Gasteiger partial charge in [-0.1, -0.05) is 29.8 Å². The molecule has 0 unspecified atom stereocenters. The Labute approximate surface area is 188 Å². The third-order valence-corrected chi connectivity index (χ3v) is 6.35. The minimum Gasteiger partial charge on any atom is -0.493 e. The smallest absolute Gasteiger partial charge is 0.253 e. The molecule has 2 amide bonds. The number of piperidine rings is 1. The molecule has 0 spiro atoms. The molecule has 2 aromatic rings. The van der Waals surface area contributed by atoms with Crippen molar-refractivity contribution in [2.75, 3.05) is 32.8 Å². The first-order valence-electron chi connectivity index (χ1n) is 11.1. The third kappa shape index (κ3) is 5.79. The number of ether oxygens (including phenoxy) is 1. The van der Waals surface area contributed by atoms with Crippen LogP contribution < -0.4 is 4.74 Å². The Kier molecular flexibility index (Phi) is 7.13. The van der Waals surface area contributed by atoms with Crippen LogP contribution in [0.3, 0.4) is 0 Å². The summed E-state index contributed by atoms with van der Waals surface area (Å²) in [5.41, 5.74) is 1.66. The van der Waals surface area contributed by atoms with Crippen molar-refractivity contribution < 1.29 is 14.3 Å². The van der Waals surface area contributed by atoms with Gasteiger partial charge in [-0.05, 0) is 61.6 Å². The Morgan fingerprint density at radius 2 is 1.71 bits per heavy atom. The fourth-order valence-electron chi connectivity index (χ4n) is 4.35. The minimum absolute atomic E-state index is 0.0830. The highest BCUT2D eigenvalue weighted by molar-refractivity contribution is 6.30. The number of halogens is 1. The van der Waals surface area contributed by atoms with E-state index in [1.807, 2.05) is 58.3 Å². The molecule has 4 rings (SSSR count). The van der Waals surface area contributed by atoms with Crippen molar-refractivity contribution in [3.63, 3.8) is 0 Å². The molecular weight excluding hydrogens is 412 g/mol. The average Bonchev–Trinajstić information content (AvgIpc) is 3.34. The SMILES string of the molecule is O=C(Cc1ccc(Cl)cc1)N1CCC[C@@H](COc2cccc(C(=O)N3CCCC3)c2)C1. The maximum Gasteiger partial charge on any atom is 0.253 e. The van der Waals surface area contributed by atoms with Gasteiger partial charge in [-0.3, -0.25) is 9.59 Å². The highest BCUT2D eigenvalue weighted by atomic mass is 35.5. The molecule has 0 N–H and O–H groups in total. The van der Waals surface area contributed by atoms with Crippen LogP contribution in [0.25, 0.3) is 0 Å². The van der Waals surface area contributed by atoms with E-state index in [0.29, 0.717) is 36.1 Å². The normalized spacial score (nSPS) is 18.8. The Balaban J connectivity index is 1.29. The number of likely N-dealkylation sites (tertiary alicyclic amines) is 2. The lowest BCUT2D eigenvalue weighted by atomic mass is 9.98. The second-order valence-corrected chi connectivity index (χ2v) is 8.93. The van der Waals surface area contributed by atoms with Crippen LogP contribution in [0, 0.1) is 5.92 Å². The van der Waals surface area contributed by atoms with Gasteiger partial charge in [-0.25, -0.2) is 0 Å². The summed E-state index contributed by atoms with van der Waals surface area (Å²) in [5, 5.41) is 0.678. The lowest BCUT2D eigenvalue weighted by Gasteiger charge is -2.32. The quantitative estimate of drug-likeness (QED) is 0.667. The van der Waals surface area contributed by atoms with Gasteiger partial charge in [0.15, 0.2) is 0 Å². The highest BCUT2D eigenvalue weighted by Gasteiger charge is 2.24. The van der Waals surface area contributed by atoms with Crippen LogP contribution in [-0.4, -0.2) is 54.4 Å². The third-order valence-electron chi connectivity index (χ3n) is 6.10. The predicted molar refractivity (Wildman–Crippen MR) is 122 cm³/mol. The Morgan fingerprint density at radius 3 is 2.48 bits per heavy atom. The lowest BCUT2D eigenvalue weighted by molar-refractivity contribution is -0.132. The van der Waals surface area contributed by atoms with Crippen molar-refractivity contribution in [1.29, 1.82) is 0 Å². The van der Waals surface area contributed by atoms with E-state index in [-0.39, 0.29) is 11.8 Å². The maximum absolute atomic E-state index is 12.7. The molecular formula is C25H29ClN2O3. The standard InChI is InChI=1S/C25H29ClN2O3/c26-22-10-8-19(9-11-22)15-24(29)28-14-4-5-20(17-28)18-31-23-7-3-6-21(16-23)25(30)27-12-1-2-13-27/h3,6-11,16,20H,1-2,4-5,12-15,17-18H2/t20-/m1/s1. The van der Waals surface area contributed by atoms with Gasteiger partial charge in [-0.15, -0.1) is 0 Å². The Bertz CT molecular complexity index is 909. The Morgan fingerprint density at radius 1 is 0.968 bits per heavy atom. The lowest BCUT2D eigenvalue weighted by Crippen LogP contribution is -2.42. The summed E-state index contributed by atoms with van der Waals surface area (Å²) < 4.78 is 6.04. The largest absolute Gasteiger partial charge is 0.493 e. The molecule has 2 aliphatic rings. The summed E-state index contributed by atoms with van der Waals surface area (Å²) in [6, 6.07) is 14.9. The van der Waals surface area contributed by atoms with Crippen LogP contribution in [0.15, 0.2) is 48.5 Å². The molecule has 2 heterocycles. The average molecular weight is 441 g/mol. The number of hydrogen-bond donors (Lipinski definition) is 0. The predicted octanol–water partition coefficient (Wildman–Crippen LogP) is 4.44. The monoisotopic (exact) mass is 440 g/mol. The summed E-state index contributed by atoms with van der Waals surface area (Å²) >= 11 is 5.93. The number of benzene rings is 2. The molecule has 2 fully saturated rings. The molecule has 2 saturated heterocycles. The molecule has 0 radical (unpaired) electrons. The number of nitrogens with zero attached hydrogens (tertiary/aromatic N) is 2. The van der Waals surface area contributed by atoms with E-state index in [1.165, 1.54) is 0 Å². The van der Waals surface area contributed by atoms with Crippen molar-refractivity contribution in [3.8, 4) is 5.75 Å². The molecule has 5 nitrogen and oxygen atoms in total. The zero-order valence-electron chi connectivity index (χ0n) is 17.8. The van der Waals surface area contributed by atoms with Crippen LogP contribution >= 0.6 is 11.6 Å². The summed E-state index contributed by atoms with van der Waals surface area (Å²) in [5.74, 6) is 1.24. The van der Waals surface area contributed by atoms with Crippen molar-refractivity contribution in [2.24, 2.45) is 5.92 Å². The van der Waals surface area contributed by atoms with E-state index in [4.69, 9.17) is 16.3 Å². The summed E-state index contributed by atoms with van der Waals surface area (Å²) in [6.07, 6.45) is 4.57. The van der Waals surface area contributed by atoms with Crippen LogP contribution in [0.5, 0.6) is 5.75 Å². The van der Waals surface area contributed by atoms with Gasteiger partial charge in [-0.2, -0.15) is 0 Å². The second-order valence-electron chi connectivity index (χ2n) is 8.49. The zero-order valence-corrected chi connectivity index (χ0v) is 18.5. The van der Waals surface area contributed by atoms with Crippen LogP contribution in [-0.2, 0) is 11.2 Å².